The zero-order valence-corrected chi connectivity index (χ0v) is 9.53. The predicted molar refractivity (Wildman–Crippen MR) is 57.6 cm³/mol. The molecule has 1 aromatic rings. The Morgan fingerprint density at radius 1 is 1.44 bits per heavy atom. The molecule has 0 aliphatic carbocycles. The van der Waals surface area contributed by atoms with Crippen molar-refractivity contribution in [1.82, 2.24) is 0 Å². The van der Waals surface area contributed by atoms with E-state index in [9.17, 15) is 13.2 Å². The van der Waals surface area contributed by atoms with Gasteiger partial charge >= 0.3 is 0 Å². The maximum Gasteiger partial charge on any atom is 0.289 e. The van der Waals surface area contributed by atoms with Gasteiger partial charge in [0.25, 0.3) is 5.92 Å². The highest BCUT2D eigenvalue weighted by molar-refractivity contribution is 6.30. The highest BCUT2D eigenvalue weighted by Gasteiger charge is 2.38. The molecule has 0 aromatic heterocycles. The molecule has 0 heterocycles. The van der Waals surface area contributed by atoms with Crippen LogP contribution in [0, 0.1) is 5.82 Å². The molecule has 1 rings (SSSR count). The molecule has 0 unspecified atom stereocenters. The summed E-state index contributed by atoms with van der Waals surface area (Å²) in [4.78, 5) is 0. The summed E-state index contributed by atoms with van der Waals surface area (Å²) in [5, 5.41) is 8.51. The summed E-state index contributed by atoms with van der Waals surface area (Å²) in [5.41, 5.74) is 4.73. The number of rotatable bonds is 3. The van der Waals surface area contributed by atoms with Gasteiger partial charge < -0.3 is 10.8 Å². The fourth-order valence-electron chi connectivity index (χ4n) is 1.08. The summed E-state index contributed by atoms with van der Waals surface area (Å²) in [6.45, 7) is -1.44. The molecule has 16 heavy (non-hydrogen) atoms. The molecular weight excluding hydrogens is 266 g/mol. The SMILES string of the molecule is Cl.N[C@@H](c1cc(Cl)ccc1F)C(F)(F)CO. The summed E-state index contributed by atoms with van der Waals surface area (Å²) in [5.74, 6) is -4.45. The Kier molecular flexibility index (Phi) is 5.55. The van der Waals surface area contributed by atoms with Gasteiger partial charge in [0, 0.05) is 10.6 Å². The first-order chi connectivity index (χ1) is 6.88. The Balaban J connectivity index is 0.00000225. The van der Waals surface area contributed by atoms with Crippen LogP contribution in [0.25, 0.3) is 0 Å². The van der Waals surface area contributed by atoms with Crippen molar-refractivity contribution in [3.8, 4) is 0 Å². The Morgan fingerprint density at radius 3 is 2.50 bits per heavy atom. The fourth-order valence-corrected chi connectivity index (χ4v) is 1.26. The molecule has 0 fully saturated rings. The van der Waals surface area contributed by atoms with Crippen molar-refractivity contribution in [3.05, 3.63) is 34.6 Å². The third-order valence-electron chi connectivity index (χ3n) is 1.96. The first-order valence-corrected chi connectivity index (χ1v) is 4.45. The van der Waals surface area contributed by atoms with E-state index >= 15 is 0 Å². The molecule has 3 N–H and O–H groups in total. The Labute approximate surface area is 102 Å². The van der Waals surface area contributed by atoms with Crippen LogP contribution in [0.4, 0.5) is 13.2 Å². The molecular formula is C9H10Cl2F3NO. The largest absolute Gasteiger partial charge is 0.390 e. The lowest BCUT2D eigenvalue weighted by atomic mass is 10.0. The summed E-state index contributed by atoms with van der Waals surface area (Å²) in [7, 11) is 0. The molecule has 92 valence electrons. The van der Waals surface area contributed by atoms with Crippen LogP contribution in [-0.4, -0.2) is 17.6 Å². The lowest BCUT2D eigenvalue weighted by molar-refractivity contribution is -0.0718. The van der Waals surface area contributed by atoms with Crippen molar-refractivity contribution in [2.24, 2.45) is 5.73 Å². The minimum atomic E-state index is -3.58. The first kappa shape index (κ1) is 15.5. The first-order valence-electron chi connectivity index (χ1n) is 4.07. The van der Waals surface area contributed by atoms with E-state index in [-0.39, 0.29) is 17.4 Å². The van der Waals surface area contributed by atoms with Gasteiger partial charge in [-0.3, -0.25) is 0 Å². The minimum Gasteiger partial charge on any atom is -0.390 e. The number of hydrogen-bond donors (Lipinski definition) is 2. The van der Waals surface area contributed by atoms with E-state index in [1.807, 2.05) is 0 Å². The Bertz CT molecular complexity index is 363. The molecule has 1 atom stereocenters. The lowest BCUT2D eigenvalue weighted by Gasteiger charge is -2.22. The van der Waals surface area contributed by atoms with Crippen molar-refractivity contribution >= 4 is 24.0 Å². The Morgan fingerprint density at radius 2 is 2.00 bits per heavy atom. The number of halogens is 5. The van der Waals surface area contributed by atoms with Crippen LogP contribution in [0.3, 0.4) is 0 Å². The number of nitrogens with two attached hydrogens (primary N) is 1. The smallest absolute Gasteiger partial charge is 0.289 e. The molecule has 0 aliphatic rings. The molecule has 0 radical (unpaired) electrons. The van der Waals surface area contributed by atoms with Gasteiger partial charge in [-0.2, -0.15) is 0 Å². The monoisotopic (exact) mass is 275 g/mol. The maximum absolute atomic E-state index is 13.1. The van der Waals surface area contributed by atoms with Gasteiger partial charge in [0.1, 0.15) is 12.4 Å². The summed E-state index contributed by atoms with van der Waals surface area (Å²) < 4.78 is 39.1. The second-order valence-electron chi connectivity index (χ2n) is 3.06. The molecule has 1 aromatic carbocycles. The van der Waals surface area contributed by atoms with Crippen LogP contribution in [0.2, 0.25) is 5.02 Å². The second-order valence-corrected chi connectivity index (χ2v) is 3.50. The number of alkyl halides is 2. The highest BCUT2D eigenvalue weighted by Crippen LogP contribution is 2.31. The maximum atomic E-state index is 13.1. The van der Waals surface area contributed by atoms with E-state index in [1.165, 1.54) is 6.07 Å². The van der Waals surface area contributed by atoms with Gasteiger partial charge in [0.15, 0.2) is 0 Å². The van der Waals surface area contributed by atoms with Crippen molar-refractivity contribution in [2.45, 2.75) is 12.0 Å². The number of aliphatic hydroxyl groups is 1. The average Bonchev–Trinajstić information content (AvgIpc) is 2.20. The van der Waals surface area contributed by atoms with E-state index in [4.69, 9.17) is 22.4 Å². The van der Waals surface area contributed by atoms with Crippen molar-refractivity contribution in [1.29, 1.82) is 0 Å². The van der Waals surface area contributed by atoms with Crippen LogP contribution in [-0.2, 0) is 0 Å². The third kappa shape index (κ3) is 3.25. The van der Waals surface area contributed by atoms with Crippen LogP contribution >= 0.6 is 24.0 Å². The molecule has 0 bridgehead atoms. The number of hydrogen-bond acceptors (Lipinski definition) is 2. The van der Waals surface area contributed by atoms with Crippen LogP contribution in [0.5, 0.6) is 0 Å². The second kappa shape index (κ2) is 5.72. The lowest BCUT2D eigenvalue weighted by Crippen LogP contribution is -2.36. The zero-order valence-electron chi connectivity index (χ0n) is 7.96. The third-order valence-corrected chi connectivity index (χ3v) is 2.19. The molecule has 0 saturated heterocycles. The topological polar surface area (TPSA) is 46.2 Å². The van der Waals surface area contributed by atoms with Gasteiger partial charge in [0.05, 0.1) is 6.04 Å². The van der Waals surface area contributed by atoms with Gasteiger partial charge in [-0.1, -0.05) is 11.6 Å². The molecule has 2 nitrogen and oxygen atoms in total. The quantitative estimate of drug-likeness (QED) is 0.891. The van der Waals surface area contributed by atoms with E-state index < -0.39 is 30.0 Å². The summed E-state index contributed by atoms with van der Waals surface area (Å²) in [6, 6.07) is 1.28. The number of aliphatic hydroxyl groups excluding tert-OH is 1. The molecule has 0 aliphatic heterocycles. The van der Waals surface area contributed by atoms with Crippen molar-refractivity contribution in [2.75, 3.05) is 6.61 Å². The standard InChI is InChI=1S/C9H9ClF3NO.ClH/c10-5-1-2-7(11)6(3-5)8(14)9(12,13)4-15;/h1-3,8,15H,4,14H2;1H/t8-;/m0./s1. The van der Waals surface area contributed by atoms with Gasteiger partial charge in [-0.05, 0) is 18.2 Å². The zero-order chi connectivity index (χ0) is 11.6. The van der Waals surface area contributed by atoms with E-state index in [1.54, 1.807) is 0 Å². The van der Waals surface area contributed by atoms with Crippen LogP contribution < -0.4 is 5.73 Å². The highest BCUT2D eigenvalue weighted by atomic mass is 35.5. The normalized spacial score (nSPS) is 13.1. The number of benzene rings is 1. The van der Waals surface area contributed by atoms with Crippen molar-refractivity contribution in [3.63, 3.8) is 0 Å². The molecule has 7 heteroatoms. The van der Waals surface area contributed by atoms with E-state index in [0.717, 1.165) is 12.1 Å². The van der Waals surface area contributed by atoms with Crippen molar-refractivity contribution < 1.29 is 18.3 Å². The summed E-state index contributed by atoms with van der Waals surface area (Å²) >= 11 is 5.52. The van der Waals surface area contributed by atoms with Gasteiger partial charge in [-0.25, -0.2) is 13.2 Å². The van der Waals surface area contributed by atoms with Crippen LogP contribution in [0.15, 0.2) is 18.2 Å². The molecule has 0 amide bonds. The van der Waals surface area contributed by atoms with E-state index in [0.29, 0.717) is 0 Å². The predicted octanol–water partition coefficient (Wildman–Crippen LogP) is 2.53. The molecule has 0 spiro atoms. The van der Waals surface area contributed by atoms with E-state index in [2.05, 4.69) is 0 Å². The van der Waals surface area contributed by atoms with Gasteiger partial charge in [-0.15, -0.1) is 12.4 Å². The summed E-state index contributed by atoms with van der Waals surface area (Å²) in [6.07, 6.45) is 0. The van der Waals surface area contributed by atoms with Gasteiger partial charge in [0.2, 0.25) is 0 Å². The average molecular weight is 276 g/mol. The Hall–Kier alpha value is -0.490. The fraction of sp³-hybridized carbons (Fsp3) is 0.333. The minimum absolute atomic E-state index is 0. The van der Waals surface area contributed by atoms with Crippen LogP contribution in [0.1, 0.15) is 11.6 Å². The molecule has 0 saturated carbocycles.